The molecule has 0 aromatic heterocycles. The quantitative estimate of drug-likeness (QED) is 0.795. The van der Waals surface area contributed by atoms with Crippen molar-refractivity contribution in [3.63, 3.8) is 0 Å². The van der Waals surface area contributed by atoms with Gasteiger partial charge in [0.05, 0.1) is 39.5 Å². The second-order valence-electron chi connectivity index (χ2n) is 6.90. The molecule has 2 aromatic rings. The van der Waals surface area contributed by atoms with Crippen LogP contribution >= 0.6 is 0 Å². The Kier molecular flexibility index (Phi) is 6.90. The topological polar surface area (TPSA) is 60.0 Å². The zero-order valence-electron chi connectivity index (χ0n) is 16.7. The van der Waals surface area contributed by atoms with E-state index in [1.807, 2.05) is 43.3 Å². The molecule has 0 aliphatic carbocycles. The molecule has 1 N–H and O–H groups in total. The number of ether oxygens (including phenoxy) is 3. The average Bonchev–Trinajstić information content (AvgIpc) is 2.74. The number of carbonyl (C=O) groups is 1. The van der Waals surface area contributed by atoms with E-state index in [2.05, 4.69) is 22.3 Å². The Balaban J connectivity index is 1.59. The number of hydrogen-bond acceptors (Lipinski definition) is 5. The number of hydrogen-bond donors (Lipinski definition) is 1. The van der Waals surface area contributed by atoms with Crippen molar-refractivity contribution in [2.45, 2.75) is 19.1 Å². The van der Waals surface area contributed by atoms with Crippen molar-refractivity contribution in [1.29, 1.82) is 0 Å². The smallest absolute Gasteiger partial charge is 0.234 e. The summed E-state index contributed by atoms with van der Waals surface area (Å²) < 4.78 is 16.6. The van der Waals surface area contributed by atoms with Crippen LogP contribution in [0.15, 0.2) is 48.5 Å². The first-order valence-corrected chi connectivity index (χ1v) is 9.51. The minimum Gasteiger partial charge on any atom is -0.497 e. The number of methoxy groups -OCH3 is 2. The normalized spacial score (nSPS) is 18.3. The third-order valence-corrected chi connectivity index (χ3v) is 4.97. The molecule has 2 unspecified atom stereocenters. The van der Waals surface area contributed by atoms with Gasteiger partial charge in [-0.05, 0) is 30.7 Å². The average molecular weight is 384 g/mol. The number of amides is 1. The molecule has 2 atom stereocenters. The summed E-state index contributed by atoms with van der Waals surface area (Å²) in [4.78, 5) is 14.8. The molecule has 28 heavy (non-hydrogen) atoms. The lowest BCUT2D eigenvalue weighted by Gasteiger charge is -2.33. The van der Waals surface area contributed by atoms with Gasteiger partial charge in [-0.1, -0.05) is 30.3 Å². The van der Waals surface area contributed by atoms with Crippen LogP contribution in [0.2, 0.25) is 0 Å². The molecule has 6 heteroatoms. The van der Waals surface area contributed by atoms with Crippen LogP contribution in [0.5, 0.6) is 11.5 Å². The fraction of sp³-hybridized carbons (Fsp3) is 0.409. The van der Waals surface area contributed by atoms with E-state index in [0.29, 0.717) is 19.7 Å². The summed E-state index contributed by atoms with van der Waals surface area (Å²) in [6.45, 7) is 4.35. The lowest BCUT2D eigenvalue weighted by molar-refractivity contribution is -0.125. The molecular formula is C22H28N2O4. The van der Waals surface area contributed by atoms with Crippen LogP contribution in [0.1, 0.15) is 30.2 Å². The Hall–Kier alpha value is -2.57. The van der Waals surface area contributed by atoms with Gasteiger partial charge in [0.1, 0.15) is 11.5 Å². The minimum atomic E-state index is -0.191. The maximum absolute atomic E-state index is 12.6. The number of rotatable bonds is 7. The second-order valence-corrected chi connectivity index (χ2v) is 6.90. The van der Waals surface area contributed by atoms with Crippen LogP contribution in [0.3, 0.4) is 0 Å². The molecule has 1 amide bonds. The van der Waals surface area contributed by atoms with E-state index in [0.717, 1.165) is 29.2 Å². The van der Waals surface area contributed by atoms with Gasteiger partial charge in [0.25, 0.3) is 0 Å². The number of morpholine rings is 1. The first kappa shape index (κ1) is 20.2. The lowest BCUT2D eigenvalue weighted by Crippen LogP contribution is -2.44. The maximum Gasteiger partial charge on any atom is 0.234 e. The van der Waals surface area contributed by atoms with E-state index in [9.17, 15) is 4.79 Å². The molecular weight excluding hydrogens is 356 g/mol. The molecule has 1 saturated heterocycles. The van der Waals surface area contributed by atoms with Gasteiger partial charge in [-0.15, -0.1) is 0 Å². The predicted octanol–water partition coefficient (Wildman–Crippen LogP) is 2.95. The zero-order chi connectivity index (χ0) is 19.9. The summed E-state index contributed by atoms with van der Waals surface area (Å²) in [6.07, 6.45) is -0.00125. The number of benzene rings is 2. The van der Waals surface area contributed by atoms with E-state index >= 15 is 0 Å². The maximum atomic E-state index is 12.6. The minimum absolute atomic E-state index is 0.00125. The first-order valence-electron chi connectivity index (χ1n) is 9.51. The van der Waals surface area contributed by atoms with Crippen LogP contribution in [-0.2, 0) is 9.53 Å². The molecule has 1 heterocycles. The van der Waals surface area contributed by atoms with E-state index in [-0.39, 0.29) is 18.1 Å². The summed E-state index contributed by atoms with van der Waals surface area (Å²) in [5.41, 5.74) is 2.03. The van der Waals surface area contributed by atoms with E-state index < -0.39 is 0 Å². The fourth-order valence-electron chi connectivity index (χ4n) is 3.46. The van der Waals surface area contributed by atoms with Crippen molar-refractivity contribution in [3.05, 3.63) is 59.7 Å². The highest BCUT2D eigenvalue weighted by Crippen LogP contribution is 2.29. The summed E-state index contributed by atoms with van der Waals surface area (Å²) in [5, 5.41) is 3.07. The van der Waals surface area contributed by atoms with Crippen molar-refractivity contribution in [2.75, 3.05) is 40.5 Å². The lowest BCUT2D eigenvalue weighted by atomic mass is 10.1. The molecule has 0 saturated carbocycles. The Morgan fingerprint density at radius 1 is 1.21 bits per heavy atom. The van der Waals surface area contributed by atoms with Gasteiger partial charge in [0.2, 0.25) is 5.91 Å². The van der Waals surface area contributed by atoms with Crippen molar-refractivity contribution < 1.29 is 19.0 Å². The van der Waals surface area contributed by atoms with Crippen LogP contribution in [-0.4, -0.2) is 51.3 Å². The summed E-state index contributed by atoms with van der Waals surface area (Å²) in [5.74, 6) is 1.44. The van der Waals surface area contributed by atoms with Crippen molar-refractivity contribution in [1.82, 2.24) is 10.2 Å². The standard InChI is InChI=1S/C22H28N2O4/c1-16(19-13-18(26-2)9-10-20(19)27-3)23-22(25)15-24-11-12-28-21(14-24)17-7-5-4-6-8-17/h4-10,13,16,21H,11-12,14-15H2,1-3H3,(H,23,25). The third-order valence-electron chi connectivity index (χ3n) is 4.97. The van der Waals surface area contributed by atoms with Gasteiger partial charge in [0.15, 0.2) is 0 Å². The molecule has 1 aliphatic heterocycles. The van der Waals surface area contributed by atoms with Crippen LogP contribution in [0.25, 0.3) is 0 Å². The van der Waals surface area contributed by atoms with Crippen molar-refractivity contribution in [3.8, 4) is 11.5 Å². The molecule has 3 rings (SSSR count). The van der Waals surface area contributed by atoms with Crippen LogP contribution in [0, 0.1) is 0 Å². The Morgan fingerprint density at radius 3 is 2.71 bits per heavy atom. The van der Waals surface area contributed by atoms with E-state index in [1.165, 1.54) is 0 Å². The molecule has 0 bridgehead atoms. The van der Waals surface area contributed by atoms with E-state index in [4.69, 9.17) is 14.2 Å². The third kappa shape index (κ3) is 5.03. The van der Waals surface area contributed by atoms with Gasteiger partial charge in [-0.3, -0.25) is 9.69 Å². The Morgan fingerprint density at radius 2 is 2.00 bits per heavy atom. The monoisotopic (exact) mass is 384 g/mol. The van der Waals surface area contributed by atoms with E-state index in [1.54, 1.807) is 14.2 Å². The molecule has 1 aliphatic rings. The Bertz CT molecular complexity index is 781. The van der Waals surface area contributed by atoms with Crippen molar-refractivity contribution >= 4 is 5.91 Å². The first-order chi connectivity index (χ1) is 13.6. The van der Waals surface area contributed by atoms with Gasteiger partial charge >= 0.3 is 0 Å². The largest absolute Gasteiger partial charge is 0.497 e. The molecule has 150 valence electrons. The Labute approximate surface area is 166 Å². The van der Waals surface area contributed by atoms with Gasteiger partial charge in [-0.2, -0.15) is 0 Å². The number of nitrogens with zero attached hydrogens (tertiary/aromatic N) is 1. The number of carbonyl (C=O) groups excluding carboxylic acids is 1. The SMILES string of the molecule is COc1ccc(OC)c(C(C)NC(=O)CN2CCOC(c3ccccc3)C2)c1. The van der Waals surface area contributed by atoms with Gasteiger partial charge < -0.3 is 19.5 Å². The van der Waals surface area contributed by atoms with Crippen LogP contribution < -0.4 is 14.8 Å². The summed E-state index contributed by atoms with van der Waals surface area (Å²) in [6, 6.07) is 15.5. The molecule has 6 nitrogen and oxygen atoms in total. The zero-order valence-corrected chi connectivity index (χ0v) is 16.7. The summed E-state index contributed by atoms with van der Waals surface area (Å²) >= 11 is 0. The molecule has 0 spiro atoms. The molecule has 2 aromatic carbocycles. The summed E-state index contributed by atoms with van der Waals surface area (Å²) in [7, 11) is 3.24. The molecule has 0 radical (unpaired) electrons. The highest BCUT2D eigenvalue weighted by atomic mass is 16.5. The fourth-order valence-corrected chi connectivity index (χ4v) is 3.46. The predicted molar refractivity (Wildman–Crippen MR) is 108 cm³/mol. The van der Waals surface area contributed by atoms with Crippen LogP contribution in [0.4, 0.5) is 0 Å². The second kappa shape index (κ2) is 9.57. The molecule has 1 fully saturated rings. The van der Waals surface area contributed by atoms with Crippen molar-refractivity contribution in [2.24, 2.45) is 0 Å². The van der Waals surface area contributed by atoms with Gasteiger partial charge in [-0.25, -0.2) is 0 Å². The highest BCUT2D eigenvalue weighted by molar-refractivity contribution is 5.78. The number of nitrogens with one attached hydrogen (secondary N) is 1. The van der Waals surface area contributed by atoms with Gasteiger partial charge in [0, 0.05) is 18.7 Å². The highest BCUT2D eigenvalue weighted by Gasteiger charge is 2.24.